The van der Waals surface area contributed by atoms with Gasteiger partial charge in [0.05, 0.1) is 24.8 Å². The molecule has 0 aromatic carbocycles. The zero-order chi connectivity index (χ0) is 10.0. The molecule has 0 aliphatic carbocycles. The van der Waals surface area contributed by atoms with Gasteiger partial charge in [-0.2, -0.15) is 0 Å². The number of methoxy groups -OCH3 is 1. The Morgan fingerprint density at radius 3 is 2.46 bits per heavy atom. The Hall–Kier alpha value is -0.240. The van der Waals surface area contributed by atoms with E-state index in [-0.39, 0.29) is 6.61 Å². The molecule has 4 unspecified atom stereocenters. The molecule has 0 saturated carbocycles. The molecule has 1 heterocycles. The van der Waals surface area contributed by atoms with Crippen LogP contribution >= 0.6 is 0 Å². The molecule has 6 nitrogen and oxygen atoms in total. The number of rotatable bonds is 2. The Morgan fingerprint density at radius 1 is 1.38 bits per heavy atom. The van der Waals surface area contributed by atoms with Crippen LogP contribution in [0.25, 0.3) is 0 Å². The number of hydrogen-bond acceptors (Lipinski definition) is 6. The Labute approximate surface area is 76.4 Å². The van der Waals surface area contributed by atoms with Crippen molar-refractivity contribution in [3.63, 3.8) is 0 Å². The summed E-state index contributed by atoms with van der Waals surface area (Å²) >= 11 is 0. The van der Waals surface area contributed by atoms with Crippen LogP contribution in [0.15, 0.2) is 0 Å². The van der Waals surface area contributed by atoms with E-state index in [1.165, 1.54) is 7.11 Å². The number of aliphatic hydroxyl groups excluding tert-OH is 2. The van der Waals surface area contributed by atoms with Gasteiger partial charge in [-0.1, -0.05) is 0 Å². The summed E-state index contributed by atoms with van der Waals surface area (Å²) in [5.74, 6) is 0. The first-order valence-electron chi connectivity index (χ1n) is 4.10. The highest BCUT2D eigenvalue weighted by atomic mass is 16.7. The molecule has 78 valence electrons. The van der Waals surface area contributed by atoms with Crippen molar-refractivity contribution in [1.29, 1.82) is 0 Å². The van der Waals surface area contributed by atoms with Crippen molar-refractivity contribution < 1.29 is 19.7 Å². The SMILES string of the molecule is COC1OC(CO)C(N)[C@H](O)C1N. The van der Waals surface area contributed by atoms with Crippen molar-refractivity contribution in [1.82, 2.24) is 0 Å². The van der Waals surface area contributed by atoms with Crippen molar-refractivity contribution in [3.05, 3.63) is 0 Å². The molecule has 0 spiro atoms. The van der Waals surface area contributed by atoms with E-state index in [9.17, 15) is 5.11 Å². The quantitative estimate of drug-likeness (QED) is 0.381. The second kappa shape index (κ2) is 4.32. The lowest BCUT2D eigenvalue weighted by Gasteiger charge is -2.40. The van der Waals surface area contributed by atoms with E-state index in [1.807, 2.05) is 0 Å². The summed E-state index contributed by atoms with van der Waals surface area (Å²) in [5.41, 5.74) is 11.1. The molecule has 6 heteroatoms. The van der Waals surface area contributed by atoms with Crippen molar-refractivity contribution in [2.75, 3.05) is 13.7 Å². The van der Waals surface area contributed by atoms with Crippen LogP contribution in [0.1, 0.15) is 0 Å². The third-order valence-electron chi connectivity index (χ3n) is 2.25. The fourth-order valence-electron chi connectivity index (χ4n) is 1.37. The second-order valence-corrected chi connectivity index (χ2v) is 3.11. The Morgan fingerprint density at radius 2 is 2.00 bits per heavy atom. The summed E-state index contributed by atoms with van der Waals surface area (Å²) in [6.45, 7) is -0.259. The smallest absolute Gasteiger partial charge is 0.175 e. The van der Waals surface area contributed by atoms with E-state index in [0.717, 1.165) is 0 Å². The predicted molar refractivity (Wildman–Crippen MR) is 44.7 cm³/mol. The van der Waals surface area contributed by atoms with Gasteiger partial charge in [-0.15, -0.1) is 0 Å². The fraction of sp³-hybridized carbons (Fsp3) is 1.00. The number of hydrogen-bond donors (Lipinski definition) is 4. The first kappa shape index (κ1) is 10.8. The van der Waals surface area contributed by atoms with Crippen LogP contribution in [0.2, 0.25) is 0 Å². The van der Waals surface area contributed by atoms with Gasteiger partial charge in [0, 0.05) is 7.11 Å². The molecule has 1 rings (SSSR count). The molecule has 0 amide bonds. The maximum Gasteiger partial charge on any atom is 0.175 e. The highest BCUT2D eigenvalue weighted by molar-refractivity contribution is 4.93. The van der Waals surface area contributed by atoms with Crippen molar-refractivity contribution in [3.8, 4) is 0 Å². The summed E-state index contributed by atoms with van der Waals surface area (Å²) in [6, 6.07) is -1.35. The standard InChI is InChI=1S/C7H16N2O4/c1-12-7-5(9)6(11)4(8)3(2-10)13-7/h3-7,10-11H,2,8-9H2,1H3/t3?,4?,5?,6-,7?/m0/s1. The first-order chi connectivity index (χ1) is 6.11. The molecular weight excluding hydrogens is 176 g/mol. The second-order valence-electron chi connectivity index (χ2n) is 3.11. The third-order valence-corrected chi connectivity index (χ3v) is 2.25. The Kier molecular flexibility index (Phi) is 3.60. The van der Waals surface area contributed by atoms with Gasteiger partial charge in [-0.05, 0) is 0 Å². The molecule has 1 fully saturated rings. The largest absolute Gasteiger partial charge is 0.394 e. The van der Waals surface area contributed by atoms with E-state index in [1.54, 1.807) is 0 Å². The lowest BCUT2D eigenvalue weighted by Crippen LogP contribution is -2.65. The topological polar surface area (TPSA) is 111 Å². The van der Waals surface area contributed by atoms with E-state index in [2.05, 4.69) is 0 Å². The van der Waals surface area contributed by atoms with Gasteiger partial charge in [0.25, 0.3) is 0 Å². The monoisotopic (exact) mass is 192 g/mol. The zero-order valence-corrected chi connectivity index (χ0v) is 7.46. The van der Waals surface area contributed by atoms with Crippen molar-refractivity contribution in [2.45, 2.75) is 30.6 Å². The van der Waals surface area contributed by atoms with E-state index < -0.39 is 30.6 Å². The van der Waals surface area contributed by atoms with Crippen LogP contribution in [-0.2, 0) is 9.47 Å². The molecule has 0 aromatic rings. The van der Waals surface area contributed by atoms with Gasteiger partial charge in [-0.25, -0.2) is 0 Å². The minimum Gasteiger partial charge on any atom is -0.394 e. The molecule has 5 atom stereocenters. The van der Waals surface area contributed by atoms with Crippen LogP contribution in [0.3, 0.4) is 0 Å². The summed E-state index contributed by atoms with van der Waals surface area (Å²) in [6.07, 6.45) is -2.26. The fourth-order valence-corrected chi connectivity index (χ4v) is 1.37. The Bertz CT molecular complexity index is 149. The predicted octanol–water partition coefficient (Wildman–Crippen LogP) is -2.63. The van der Waals surface area contributed by atoms with Gasteiger partial charge in [0.1, 0.15) is 6.10 Å². The summed E-state index contributed by atoms with van der Waals surface area (Å²) < 4.78 is 10.1. The van der Waals surface area contributed by atoms with Gasteiger partial charge < -0.3 is 31.2 Å². The molecular formula is C7H16N2O4. The highest BCUT2D eigenvalue weighted by Crippen LogP contribution is 2.18. The summed E-state index contributed by atoms with van der Waals surface area (Å²) in [5, 5.41) is 18.4. The van der Waals surface area contributed by atoms with Crippen LogP contribution < -0.4 is 11.5 Å². The van der Waals surface area contributed by atoms with Gasteiger partial charge in [0.15, 0.2) is 6.29 Å². The molecule has 6 N–H and O–H groups in total. The Balaban J connectivity index is 2.66. The minimum absolute atomic E-state index is 0.259. The molecule has 1 aliphatic heterocycles. The normalized spacial score (nSPS) is 46.4. The highest BCUT2D eigenvalue weighted by Gasteiger charge is 2.41. The molecule has 0 radical (unpaired) electrons. The van der Waals surface area contributed by atoms with Gasteiger partial charge >= 0.3 is 0 Å². The molecule has 1 aliphatic rings. The average Bonchev–Trinajstić information content (AvgIpc) is 2.15. The molecule has 0 aromatic heterocycles. The average molecular weight is 192 g/mol. The number of ether oxygens (including phenoxy) is 2. The van der Waals surface area contributed by atoms with E-state index >= 15 is 0 Å². The minimum atomic E-state index is -0.921. The maximum absolute atomic E-state index is 9.53. The zero-order valence-electron chi connectivity index (χ0n) is 7.46. The van der Waals surface area contributed by atoms with Crippen LogP contribution in [0, 0.1) is 0 Å². The summed E-state index contributed by atoms with van der Waals surface area (Å²) in [7, 11) is 1.42. The van der Waals surface area contributed by atoms with E-state index in [0.29, 0.717) is 0 Å². The van der Waals surface area contributed by atoms with Crippen LogP contribution in [-0.4, -0.2) is 54.5 Å². The van der Waals surface area contributed by atoms with Gasteiger partial charge in [0.2, 0.25) is 0 Å². The molecule has 1 saturated heterocycles. The molecule has 0 bridgehead atoms. The summed E-state index contributed by atoms with van der Waals surface area (Å²) in [4.78, 5) is 0. The number of aliphatic hydroxyl groups is 2. The molecule has 13 heavy (non-hydrogen) atoms. The van der Waals surface area contributed by atoms with Gasteiger partial charge in [-0.3, -0.25) is 0 Å². The van der Waals surface area contributed by atoms with Crippen molar-refractivity contribution in [2.24, 2.45) is 11.5 Å². The maximum atomic E-state index is 9.53. The van der Waals surface area contributed by atoms with Crippen LogP contribution in [0.5, 0.6) is 0 Å². The van der Waals surface area contributed by atoms with Crippen LogP contribution in [0.4, 0.5) is 0 Å². The lowest BCUT2D eigenvalue weighted by molar-refractivity contribution is -0.227. The first-order valence-corrected chi connectivity index (χ1v) is 4.10. The van der Waals surface area contributed by atoms with Crippen molar-refractivity contribution >= 4 is 0 Å². The number of nitrogens with two attached hydrogens (primary N) is 2. The van der Waals surface area contributed by atoms with E-state index in [4.69, 9.17) is 26.0 Å². The lowest BCUT2D eigenvalue weighted by atomic mass is 9.96. The third kappa shape index (κ3) is 1.98.